The SMILES string of the molecule is CC.Cc1ccc(CF)c(F)c1.FOc1cc(F)c(C(F)(F)F)c(F)c1. The molecule has 0 saturated heterocycles. The van der Waals surface area contributed by atoms with E-state index in [0.717, 1.165) is 5.56 Å². The summed E-state index contributed by atoms with van der Waals surface area (Å²) in [7, 11) is 0. The van der Waals surface area contributed by atoms with Crippen LogP contribution in [0.2, 0.25) is 0 Å². The van der Waals surface area contributed by atoms with Gasteiger partial charge < -0.3 is 0 Å². The average molecular weight is 388 g/mol. The third-order valence-corrected chi connectivity index (χ3v) is 2.74. The molecule has 0 heterocycles. The molecule has 0 N–H and O–H groups in total. The number of benzene rings is 2. The van der Waals surface area contributed by atoms with Gasteiger partial charge in [0.2, 0.25) is 0 Å². The van der Waals surface area contributed by atoms with Gasteiger partial charge in [0.1, 0.15) is 29.7 Å². The molecule has 0 atom stereocenters. The number of aryl methyl sites for hydroxylation is 1. The van der Waals surface area contributed by atoms with E-state index in [-0.39, 0.29) is 17.7 Å². The van der Waals surface area contributed by atoms with Crippen LogP contribution in [0.1, 0.15) is 30.5 Å². The van der Waals surface area contributed by atoms with Crippen molar-refractivity contribution in [3.63, 3.8) is 0 Å². The molecule has 0 fully saturated rings. The minimum absolute atomic E-state index is 0.103. The van der Waals surface area contributed by atoms with Gasteiger partial charge in [-0.3, -0.25) is 4.94 Å². The molecule has 0 amide bonds. The maximum atomic E-state index is 12.6. The fourth-order valence-electron chi connectivity index (χ4n) is 1.63. The quantitative estimate of drug-likeness (QED) is 0.510. The highest BCUT2D eigenvalue weighted by molar-refractivity contribution is 5.31. The molecular weight excluding hydrogens is 372 g/mol. The molecule has 2 aromatic rings. The van der Waals surface area contributed by atoms with Crippen molar-refractivity contribution in [2.75, 3.05) is 0 Å². The Hall–Kier alpha value is -2.32. The van der Waals surface area contributed by atoms with Crippen molar-refractivity contribution >= 4 is 0 Å². The highest BCUT2D eigenvalue weighted by Gasteiger charge is 2.38. The minimum atomic E-state index is -5.16. The summed E-state index contributed by atoms with van der Waals surface area (Å²) in [6, 6.07) is 4.69. The van der Waals surface area contributed by atoms with Crippen LogP contribution in [0.3, 0.4) is 0 Å². The zero-order valence-electron chi connectivity index (χ0n) is 14.0. The zero-order chi connectivity index (χ0) is 20.5. The summed E-state index contributed by atoms with van der Waals surface area (Å²) < 4.78 is 96.9. The van der Waals surface area contributed by atoms with E-state index < -0.39 is 41.6 Å². The Labute approximate surface area is 145 Å². The largest absolute Gasteiger partial charge is 0.422 e. The Morgan fingerprint density at radius 2 is 1.38 bits per heavy atom. The summed E-state index contributed by atoms with van der Waals surface area (Å²) in [6.07, 6.45) is -5.16. The lowest BCUT2D eigenvalue weighted by molar-refractivity contribution is -0.142. The molecule has 0 bridgehead atoms. The van der Waals surface area contributed by atoms with Crippen molar-refractivity contribution in [2.45, 2.75) is 33.6 Å². The highest BCUT2D eigenvalue weighted by Crippen LogP contribution is 2.35. The summed E-state index contributed by atoms with van der Waals surface area (Å²) in [6.45, 7) is 5.04. The molecule has 146 valence electrons. The first kappa shape index (κ1) is 23.7. The molecule has 0 aliphatic carbocycles. The summed E-state index contributed by atoms with van der Waals surface area (Å²) >= 11 is 0. The molecule has 0 aromatic heterocycles. The van der Waals surface area contributed by atoms with E-state index in [9.17, 15) is 35.3 Å². The van der Waals surface area contributed by atoms with Crippen LogP contribution in [-0.4, -0.2) is 0 Å². The second-order valence-corrected chi connectivity index (χ2v) is 4.57. The van der Waals surface area contributed by atoms with Crippen molar-refractivity contribution < 1.29 is 40.2 Å². The van der Waals surface area contributed by atoms with Crippen molar-refractivity contribution in [1.82, 2.24) is 0 Å². The Morgan fingerprint density at radius 3 is 1.73 bits per heavy atom. The average Bonchev–Trinajstić information content (AvgIpc) is 2.55. The van der Waals surface area contributed by atoms with E-state index in [1.54, 1.807) is 13.0 Å². The Bertz CT molecular complexity index is 675. The molecule has 2 rings (SSSR count). The first-order valence-electron chi connectivity index (χ1n) is 7.26. The van der Waals surface area contributed by atoms with Crippen LogP contribution in [-0.2, 0) is 12.9 Å². The summed E-state index contributed by atoms with van der Waals surface area (Å²) in [5.41, 5.74) is -1.13. The van der Waals surface area contributed by atoms with Gasteiger partial charge in [-0.05, 0) is 18.6 Å². The molecule has 0 aliphatic rings. The number of hydrogen-bond acceptors (Lipinski definition) is 1. The van der Waals surface area contributed by atoms with Gasteiger partial charge in [0.15, 0.2) is 5.75 Å². The van der Waals surface area contributed by atoms with Crippen LogP contribution in [0.4, 0.5) is 35.3 Å². The molecule has 0 aliphatic heterocycles. The van der Waals surface area contributed by atoms with Crippen LogP contribution in [0.15, 0.2) is 30.3 Å². The number of alkyl halides is 4. The number of halogens is 8. The Kier molecular flexibility index (Phi) is 9.67. The second kappa shape index (κ2) is 10.6. The van der Waals surface area contributed by atoms with Gasteiger partial charge in [-0.1, -0.05) is 26.0 Å². The Morgan fingerprint density at radius 1 is 0.885 bits per heavy atom. The molecule has 1 nitrogen and oxygen atoms in total. The second-order valence-electron chi connectivity index (χ2n) is 4.57. The van der Waals surface area contributed by atoms with Crippen LogP contribution >= 0.6 is 0 Å². The zero-order valence-corrected chi connectivity index (χ0v) is 14.0. The maximum absolute atomic E-state index is 12.6. The molecule has 0 spiro atoms. The van der Waals surface area contributed by atoms with Crippen molar-refractivity contribution in [1.29, 1.82) is 0 Å². The third-order valence-electron chi connectivity index (χ3n) is 2.74. The highest BCUT2D eigenvalue weighted by atomic mass is 19.4. The summed E-state index contributed by atoms with van der Waals surface area (Å²) in [5.74, 6) is -5.27. The van der Waals surface area contributed by atoms with Gasteiger partial charge in [-0.15, -0.1) is 0 Å². The summed E-state index contributed by atoms with van der Waals surface area (Å²) in [4.78, 5) is 2.90. The van der Waals surface area contributed by atoms with Crippen LogP contribution in [0.5, 0.6) is 5.75 Å². The first-order chi connectivity index (χ1) is 12.1. The van der Waals surface area contributed by atoms with Gasteiger partial charge in [-0.25, -0.2) is 17.6 Å². The lowest BCUT2D eigenvalue weighted by Crippen LogP contribution is -2.11. The monoisotopic (exact) mass is 388 g/mol. The van der Waals surface area contributed by atoms with Gasteiger partial charge >= 0.3 is 6.18 Å². The fraction of sp³-hybridized carbons (Fsp3) is 0.294. The molecular formula is C17H16F8O. The van der Waals surface area contributed by atoms with Crippen molar-refractivity contribution in [2.24, 2.45) is 0 Å². The van der Waals surface area contributed by atoms with Crippen LogP contribution in [0.25, 0.3) is 0 Å². The lowest BCUT2D eigenvalue weighted by Gasteiger charge is -2.09. The molecule has 0 unspecified atom stereocenters. The molecule has 9 heteroatoms. The van der Waals surface area contributed by atoms with Crippen molar-refractivity contribution in [3.05, 3.63) is 64.5 Å². The normalized spacial score (nSPS) is 10.3. The number of rotatable bonds is 2. The molecule has 0 saturated carbocycles. The van der Waals surface area contributed by atoms with Crippen LogP contribution in [0, 0.1) is 24.4 Å². The molecule has 0 radical (unpaired) electrons. The van der Waals surface area contributed by atoms with Gasteiger partial charge in [0, 0.05) is 22.2 Å². The smallest absolute Gasteiger partial charge is 0.294 e. The van der Waals surface area contributed by atoms with Gasteiger partial charge in [0.25, 0.3) is 0 Å². The Balaban J connectivity index is 0.000000458. The predicted octanol–water partition coefficient (Wildman–Crippen LogP) is 6.88. The fourth-order valence-corrected chi connectivity index (χ4v) is 1.63. The number of hydrogen-bond donors (Lipinski definition) is 0. The van der Waals surface area contributed by atoms with Gasteiger partial charge in [-0.2, -0.15) is 13.2 Å². The third kappa shape index (κ3) is 6.89. The summed E-state index contributed by atoms with van der Waals surface area (Å²) in [5, 5.41) is 0. The minimum Gasteiger partial charge on any atom is -0.294 e. The first-order valence-corrected chi connectivity index (χ1v) is 7.26. The van der Waals surface area contributed by atoms with E-state index >= 15 is 0 Å². The van der Waals surface area contributed by atoms with Gasteiger partial charge in [0.05, 0.1) is 0 Å². The maximum Gasteiger partial charge on any atom is 0.422 e. The van der Waals surface area contributed by atoms with E-state index in [4.69, 9.17) is 0 Å². The van der Waals surface area contributed by atoms with Crippen LogP contribution < -0.4 is 4.94 Å². The molecule has 26 heavy (non-hydrogen) atoms. The topological polar surface area (TPSA) is 9.23 Å². The van der Waals surface area contributed by atoms with E-state index in [1.807, 2.05) is 13.8 Å². The van der Waals surface area contributed by atoms with E-state index in [2.05, 4.69) is 4.94 Å². The lowest BCUT2D eigenvalue weighted by atomic mass is 10.1. The predicted molar refractivity (Wildman–Crippen MR) is 80.4 cm³/mol. The van der Waals surface area contributed by atoms with E-state index in [0.29, 0.717) is 0 Å². The standard InChI is InChI=1S/C8H8F2.C7H2F6O.C2H6/c1-6-2-3-7(5-9)8(10)4-6;8-4-1-3(14-13)2-5(9)6(4)7(10,11)12;1-2/h2-4H,5H2,1H3;1-2H;1-2H3. The molecule has 2 aromatic carbocycles. The van der Waals surface area contributed by atoms with E-state index in [1.165, 1.54) is 12.1 Å². The van der Waals surface area contributed by atoms with Crippen molar-refractivity contribution in [3.8, 4) is 5.75 Å².